The molecule has 5 nitrogen and oxygen atoms in total. The minimum atomic E-state index is -4.71. The fourth-order valence-corrected chi connectivity index (χ4v) is 3.26. The molecule has 134 valence electrons. The molecule has 2 heterocycles. The first-order chi connectivity index (χ1) is 11.9. The Balaban J connectivity index is 1.62. The summed E-state index contributed by atoms with van der Waals surface area (Å²) < 4.78 is 40.2. The molecule has 1 aliphatic rings. The van der Waals surface area contributed by atoms with Gasteiger partial charge in [-0.2, -0.15) is 0 Å². The zero-order chi connectivity index (χ0) is 17.9. The number of anilines is 2. The van der Waals surface area contributed by atoms with Gasteiger partial charge in [0.15, 0.2) is 5.13 Å². The topological polar surface area (TPSA) is 54.5 Å². The van der Waals surface area contributed by atoms with Gasteiger partial charge in [-0.25, -0.2) is 4.98 Å². The van der Waals surface area contributed by atoms with E-state index in [0.717, 1.165) is 32.4 Å². The molecule has 2 aromatic rings. The smallest absolute Gasteiger partial charge is 0.406 e. The van der Waals surface area contributed by atoms with E-state index >= 15 is 0 Å². The molecule has 0 atom stereocenters. The summed E-state index contributed by atoms with van der Waals surface area (Å²) in [5.74, 6) is -0.379. The summed E-state index contributed by atoms with van der Waals surface area (Å²) in [6.45, 7) is 1.50. The lowest BCUT2D eigenvalue weighted by Crippen LogP contribution is -2.35. The number of amides is 1. The van der Waals surface area contributed by atoms with Crippen molar-refractivity contribution in [1.82, 2.24) is 9.88 Å². The van der Waals surface area contributed by atoms with Gasteiger partial charge in [-0.05, 0) is 43.5 Å². The number of rotatable bonds is 4. The van der Waals surface area contributed by atoms with E-state index in [-0.39, 0.29) is 11.7 Å². The predicted octanol–water partition coefficient (Wildman–Crippen LogP) is 4.41. The largest absolute Gasteiger partial charge is 0.573 e. The average Bonchev–Trinajstić information content (AvgIpc) is 3.04. The fraction of sp³-hybridized carbons (Fsp3) is 0.375. The minimum absolute atomic E-state index is 0.0853. The standard InChI is InChI=1S/C16H16F3N3O2S/c17-16(18,19)24-12-6-4-11(5-7-12)20-15-21-13(10-25-15)14(23)22-8-2-1-3-9-22/h4-7,10H,1-3,8-9H2,(H,20,21). The maximum atomic E-state index is 12.4. The summed E-state index contributed by atoms with van der Waals surface area (Å²) in [5, 5.41) is 5.16. The first kappa shape index (κ1) is 17.5. The number of carbonyl (C=O) groups is 1. The number of halogens is 3. The summed E-state index contributed by atoms with van der Waals surface area (Å²) in [6.07, 6.45) is -1.56. The molecular formula is C16H16F3N3O2S. The van der Waals surface area contributed by atoms with E-state index < -0.39 is 6.36 Å². The number of hydrogen-bond donors (Lipinski definition) is 1. The Labute approximate surface area is 146 Å². The molecule has 1 aliphatic heterocycles. The fourth-order valence-electron chi connectivity index (χ4n) is 2.55. The highest BCUT2D eigenvalue weighted by Crippen LogP contribution is 2.26. The van der Waals surface area contributed by atoms with Crippen LogP contribution in [-0.2, 0) is 0 Å². The van der Waals surface area contributed by atoms with Crippen LogP contribution in [0.5, 0.6) is 5.75 Å². The van der Waals surface area contributed by atoms with Gasteiger partial charge in [0, 0.05) is 24.2 Å². The molecule has 0 spiro atoms. The van der Waals surface area contributed by atoms with Crippen molar-refractivity contribution in [3.05, 3.63) is 35.3 Å². The Morgan fingerprint density at radius 3 is 2.48 bits per heavy atom. The number of ether oxygens (including phenoxy) is 1. The van der Waals surface area contributed by atoms with Crippen LogP contribution in [0.15, 0.2) is 29.6 Å². The molecule has 1 saturated heterocycles. The normalized spacial score (nSPS) is 15.1. The van der Waals surface area contributed by atoms with Gasteiger partial charge in [-0.3, -0.25) is 4.79 Å². The van der Waals surface area contributed by atoms with Gasteiger partial charge < -0.3 is 15.0 Å². The Morgan fingerprint density at radius 1 is 1.16 bits per heavy atom. The lowest BCUT2D eigenvalue weighted by molar-refractivity contribution is -0.274. The van der Waals surface area contributed by atoms with E-state index in [1.807, 2.05) is 0 Å². The number of thiazole rings is 1. The molecule has 25 heavy (non-hydrogen) atoms. The van der Waals surface area contributed by atoms with E-state index in [0.29, 0.717) is 16.5 Å². The first-order valence-electron chi connectivity index (χ1n) is 7.78. The third-order valence-corrected chi connectivity index (χ3v) is 4.46. The molecule has 0 unspecified atom stereocenters. The van der Waals surface area contributed by atoms with Gasteiger partial charge in [-0.1, -0.05) is 0 Å². The molecule has 0 saturated carbocycles. The quantitative estimate of drug-likeness (QED) is 0.865. The van der Waals surface area contributed by atoms with Gasteiger partial charge in [-0.15, -0.1) is 24.5 Å². The zero-order valence-corrected chi connectivity index (χ0v) is 14.0. The zero-order valence-electron chi connectivity index (χ0n) is 13.2. The molecule has 1 aromatic carbocycles. The number of hydrogen-bond acceptors (Lipinski definition) is 5. The molecule has 1 fully saturated rings. The second kappa shape index (κ2) is 7.30. The number of piperidine rings is 1. The molecular weight excluding hydrogens is 355 g/mol. The maximum Gasteiger partial charge on any atom is 0.573 e. The second-order valence-corrected chi connectivity index (χ2v) is 6.45. The van der Waals surface area contributed by atoms with Crippen LogP contribution in [0.4, 0.5) is 24.0 Å². The van der Waals surface area contributed by atoms with Crippen LogP contribution >= 0.6 is 11.3 Å². The van der Waals surface area contributed by atoms with Gasteiger partial charge in [0.2, 0.25) is 0 Å². The Kier molecular flexibility index (Phi) is 5.12. The van der Waals surface area contributed by atoms with Crippen LogP contribution in [0.25, 0.3) is 0 Å². The predicted molar refractivity (Wildman–Crippen MR) is 88.3 cm³/mol. The highest BCUT2D eigenvalue weighted by molar-refractivity contribution is 7.14. The highest BCUT2D eigenvalue weighted by atomic mass is 32.1. The summed E-state index contributed by atoms with van der Waals surface area (Å²) in [7, 11) is 0. The van der Waals surface area contributed by atoms with E-state index in [2.05, 4.69) is 15.0 Å². The van der Waals surface area contributed by atoms with Gasteiger partial charge in [0.05, 0.1) is 0 Å². The van der Waals surface area contributed by atoms with Crippen LogP contribution in [0.3, 0.4) is 0 Å². The highest BCUT2D eigenvalue weighted by Gasteiger charge is 2.31. The Morgan fingerprint density at radius 2 is 1.84 bits per heavy atom. The molecule has 0 aliphatic carbocycles. The van der Waals surface area contributed by atoms with Crippen molar-refractivity contribution in [2.75, 3.05) is 18.4 Å². The van der Waals surface area contributed by atoms with E-state index in [1.165, 1.54) is 35.6 Å². The lowest BCUT2D eigenvalue weighted by atomic mass is 10.1. The SMILES string of the molecule is O=C(c1csc(Nc2ccc(OC(F)(F)F)cc2)n1)N1CCCCC1. The number of aromatic nitrogens is 1. The van der Waals surface area contributed by atoms with Crippen molar-refractivity contribution in [1.29, 1.82) is 0 Å². The van der Waals surface area contributed by atoms with Crippen LogP contribution in [0.2, 0.25) is 0 Å². The van der Waals surface area contributed by atoms with E-state index in [1.54, 1.807) is 10.3 Å². The van der Waals surface area contributed by atoms with Crippen molar-refractivity contribution in [2.45, 2.75) is 25.6 Å². The molecule has 0 bridgehead atoms. The first-order valence-corrected chi connectivity index (χ1v) is 8.66. The number of nitrogens with one attached hydrogen (secondary N) is 1. The molecule has 1 aromatic heterocycles. The minimum Gasteiger partial charge on any atom is -0.406 e. The number of carbonyl (C=O) groups excluding carboxylic acids is 1. The van der Waals surface area contributed by atoms with Crippen molar-refractivity contribution >= 4 is 28.1 Å². The molecule has 0 radical (unpaired) electrons. The summed E-state index contributed by atoms with van der Waals surface area (Å²) >= 11 is 1.27. The lowest BCUT2D eigenvalue weighted by Gasteiger charge is -2.25. The maximum absolute atomic E-state index is 12.4. The number of nitrogens with zero attached hydrogens (tertiary/aromatic N) is 2. The van der Waals surface area contributed by atoms with Crippen molar-refractivity contribution in [3.8, 4) is 5.75 Å². The number of alkyl halides is 3. The third-order valence-electron chi connectivity index (χ3n) is 3.71. The molecule has 1 amide bonds. The third kappa shape index (κ3) is 4.85. The second-order valence-electron chi connectivity index (χ2n) is 5.59. The molecule has 3 rings (SSSR count). The monoisotopic (exact) mass is 371 g/mol. The van der Waals surface area contributed by atoms with Gasteiger partial charge >= 0.3 is 6.36 Å². The Bertz CT molecular complexity index is 725. The van der Waals surface area contributed by atoms with E-state index in [9.17, 15) is 18.0 Å². The van der Waals surface area contributed by atoms with Crippen molar-refractivity contribution < 1.29 is 22.7 Å². The summed E-state index contributed by atoms with van der Waals surface area (Å²) in [4.78, 5) is 18.4. The molecule has 1 N–H and O–H groups in total. The number of likely N-dealkylation sites (tertiary alicyclic amines) is 1. The van der Waals surface area contributed by atoms with Gasteiger partial charge in [0.1, 0.15) is 11.4 Å². The molecule has 9 heteroatoms. The number of benzene rings is 1. The van der Waals surface area contributed by atoms with Crippen LogP contribution < -0.4 is 10.1 Å². The van der Waals surface area contributed by atoms with Gasteiger partial charge in [0.25, 0.3) is 5.91 Å². The summed E-state index contributed by atoms with van der Waals surface area (Å²) in [5.41, 5.74) is 0.937. The Hall–Kier alpha value is -2.29. The average molecular weight is 371 g/mol. The van der Waals surface area contributed by atoms with Crippen molar-refractivity contribution in [3.63, 3.8) is 0 Å². The summed E-state index contributed by atoms with van der Waals surface area (Å²) in [6, 6.07) is 5.33. The van der Waals surface area contributed by atoms with Crippen LogP contribution in [0, 0.1) is 0 Å². The van der Waals surface area contributed by atoms with E-state index in [4.69, 9.17) is 0 Å². The van der Waals surface area contributed by atoms with Crippen molar-refractivity contribution in [2.24, 2.45) is 0 Å². The van der Waals surface area contributed by atoms with Crippen LogP contribution in [0.1, 0.15) is 29.8 Å². The van der Waals surface area contributed by atoms with Crippen LogP contribution in [-0.4, -0.2) is 35.2 Å².